The summed E-state index contributed by atoms with van der Waals surface area (Å²) in [5.74, 6) is 1.42. The lowest BCUT2D eigenvalue weighted by atomic mass is 10.2. The first-order chi connectivity index (χ1) is 11.9. The Balaban J connectivity index is 1.46. The highest BCUT2D eigenvalue weighted by Gasteiger charge is 2.07. The van der Waals surface area contributed by atoms with Gasteiger partial charge in [-0.25, -0.2) is 4.68 Å². The average molecular weight is 319 g/mol. The van der Waals surface area contributed by atoms with E-state index in [0.29, 0.717) is 12.4 Å². The maximum absolute atomic E-state index is 5.78. The number of hydrogen-bond acceptors (Lipinski definition) is 6. The molecule has 0 N–H and O–H groups in total. The molecule has 0 aliphatic carbocycles. The molecule has 2 heterocycles. The molecule has 0 saturated heterocycles. The van der Waals surface area contributed by atoms with Gasteiger partial charge in [-0.05, 0) is 22.6 Å². The molecule has 4 aromatic rings. The summed E-state index contributed by atoms with van der Waals surface area (Å²) in [4.78, 5) is 0. The second-order valence-corrected chi connectivity index (χ2v) is 5.09. The van der Waals surface area contributed by atoms with Gasteiger partial charge in [-0.3, -0.25) is 0 Å². The molecule has 0 fully saturated rings. The van der Waals surface area contributed by atoms with Gasteiger partial charge in [0.15, 0.2) is 5.76 Å². The molecule has 2 aromatic heterocycles. The highest BCUT2D eigenvalue weighted by molar-refractivity contribution is 5.56. The van der Waals surface area contributed by atoms with E-state index in [1.54, 1.807) is 4.68 Å². The third kappa shape index (κ3) is 3.00. The van der Waals surface area contributed by atoms with Crippen LogP contribution in [-0.4, -0.2) is 25.4 Å². The van der Waals surface area contributed by atoms with Gasteiger partial charge in [0.2, 0.25) is 0 Å². The van der Waals surface area contributed by atoms with Crippen LogP contribution < -0.4 is 4.74 Å². The predicted octanol–water partition coefficient (Wildman–Crippen LogP) is 2.90. The summed E-state index contributed by atoms with van der Waals surface area (Å²) < 4.78 is 12.7. The molecular weight excluding hydrogens is 306 g/mol. The van der Waals surface area contributed by atoms with Gasteiger partial charge in [0, 0.05) is 17.7 Å². The minimum atomic E-state index is 0.315. The van der Waals surface area contributed by atoms with Crippen LogP contribution in [0.4, 0.5) is 0 Å². The molecule has 0 radical (unpaired) electrons. The van der Waals surface area contributed by atoms with Crippen LogP contribution >= 0.6 is 0 Å². The Hall–Kier alpha value is -3.48. The smallest absolute Gasteiger partial charge is 0.167 e. The summed E-state index contributed by atoms with van der Waals surface area (Å²) in [5, 5.41) is 15.1. The third-order valence-corrected chi connectivity index (χ3v) is 3.44. The molecule has 0 atom stereocenters. The Labute approximate surface area is 137 Å². The van der Waals surface area contributed by atoms with E-state index < -0.39 is 0 Å². The quantitative estimate of drug-likeness (QED) is 0.563. The van der Waals surface area contributed by atoms with Crippen LogP contribution in [-0.2, 0) is 6.61 Å². The van der Waals surface area contributed by atoms with Crippen molar-refractivity contribution in [1.29, 1.82) is 0 Å². The topological polar surface area (TPSA) is 78.9 Å². The van der Waals surface area contributed by atoms with Gasteiger partial charge in [0.05, 0.1) is 5.69 Å². The van der Waals surface area contributed by atoms with Gasteiger partial charge in [-0.1, -0.05) is 41.6 Å². The Kier molecular flexibility index (Phi) is 3.73. The molecule has 0 spiro atoms. The van der Waals surface area contributed by atoms with E-state index in [4.69, 9.17) is 9.26 Å². The molecule has 0 bridgehead atoms. The number of benzene rings is 2. The van der Waals surface area contributed by atoms with Crippen molar-refractivity contribution in [3.8, 4) is 22.8 Å². The molecule has 0 saturated carbocycles. The molecule has 4 rings (SSSR count). The highest BCUT2D eigenvalue weighted by atomic mass is 16.5. The molecule has 118 valence electrons. The van der Waals surface area contributed by atoms with Crippen LogP contribution in [0, 0.1) is 0 Å². The summed E-state index contributed by atoms with van der Waals surface area (Å²) in [7, 11) is 0. The van der Waals surface area contributed by atoms with Crippen LogP contribution in [0.2, 0.25) is 0 Å². The summed E-state index contributed by atoms with van der Waals surface area (Å²) in [5.41, 5.74) is 2.53. The second kappa shape index (κ2) is 6.33. The van der Waals surface area contributed by atoms with Crippen molar-refractivity contribution in [3.63, 3.8) is 0 Å². The van der Waals surface area contributed by atoms with E-state index in [0.717, 1.165) is 22.7 Å². The second-order valence-electron chi connectivity index (χ2n) is 5.09. The van der Waals surface area contributed by atoms with Crippen LogP contribution in [0.5, 0.6) is 5.75 Å². The van der Waals surface area contributed by atoms with Crippen molar-refractivity contribution < 1.29 is 9.26 Å². The van der Waals surface area contributed by atoms with E-state index in [1.165, 1.54) is 6.33 Å². The molecule has 0 unspecified atom stereocenters. The minimum Gasteiger partial charge on any atom is -0.487 e. The first-order valence-corrected chi connectivity index (χ1v) is 7.36. The van der Waals surface area contributed by atoms with Crippen molar-refractivity contribution in [2.24, 2.45) is 0 Å². The van der Waals surface area contributed by atoms with E-state index in [1.807, 2.05) is 60.7 Å². The van der Waals surface area contributed by atoms with Crippen LogP contribution in [0.1, 0.15) is 5.69 Å². The number of ether oxygens (including phenoxy) is 1. The van der Waals surface area contributed by atoms with E-state index in [-0.39, 0.29) is 0 Å². The van der Waals surface area contributed by atoms with E-state index >= 15 is 0 Å². The lowest BCUT2D eigenvalue weighted by Gasteiger charge is -2.05. The van der Waals surface area contributed by atoms with E-state index in [9.17, 15) is 0 Å². The standard InChI is InChI=1S/C17H13N5O2/c1-2-5-13(6-3-1)17-9-14(19-24-17)11-23-16-8-4-7-15(10-16)22-12-18-20-21-22/h1-10,12H,11H2. The zero-order valence-electron chi connectivity index (χ0n) is 12.6. The number of hydrogen-bond donors (Lipinski definition) is 0. The zero-order valence-corrected chi connectivity index (χ0v) is 12.6. The minimum absolute atomic E-state index is 0.315. The third-order valence-electron chi connectivity index (χ3n) is 3.44. The molecule has 24 heavy (non-hydrogen) atoms. The van der Waals surface area contributed by atoms with Crippen molar-refractivity contribution in [2.75, 3.05) is 0 Å². The van der Waals surface area contributed by atoms with Gasteiger partial charge in [0.1, 0.15) is 24.4 Å². The van der Waals surface area contributed by atoms with Crippen molar-refractivity contribution >= 4 is 0 Å². The van der Waals surface area contributed by atoms with E-state index in [2.05, 4.69) is 20.7 Å². The fraction of sp³-hybridized carbons (Fsp3) is 0.0588. The van der Waals surface area contributed by atoms with Gasteiger partial charge < -0.3 is 9.26 Å². The van der Waals surface area contributed by atoms with Crippen LogP contribution in [0.15, 0.2) is 71.5 Å². The Bertz CT molecular complexity index is 919. The molecule has 7 nitrogen and oxygen atoms in total. The van der Waals surface area contributed by atoms with Crippen molar-refractivity contribution in [1.82, 2.24) is 25.4 Å². The number of tetrazole rings is 1. The first-order valence-electron chi connectivity index (χ1n) is 7.36. The lowest BCUT2D eigenvalue weighted by Crippen LogP contribution is -1.98. The molecule has 7 heteroatoms. The number of aromatic nitrogens is 5. The zero-order chi connectivity index (χ0) is 16.2. The SMILES string of the molecule is c1ccc(-c2cc(COc3cccc(-n4cnnn4)c3)no2)cc1. The molecule has 0 aliphatic rings. The molecule has 0 amide bonds. The number of rotatable bonds is 5. The normalized spacial score (nSPS) is 10.7. The maximum Gasteiger partial charge on any atom is 0.167 e. The van der Waals surface area contributed by atoms with Gasteiger partial charge in [0.25, 0.3) is 0 Å². The fourth-order valence-electron chi connectivity index (χ4n) is 2.27. The van der Waals surface area contributed by atoms with Crippen LogP contribution in [0.3, 0.4) is 0 Å². The fourth-order valence-corrected chi connectivity index (χ4v) is 2.27. The largest absolute Gasteiger partial charge is 0.487 e. The lowest BCUT2D eigenvalue weighted by molar-refractivity contribution is 0.290. The van der Waals surface area contributed by atoms with Gasteiger partial charge >= 0.3 is 0 Å². The van der Waals surface area contributed by atoms with Gasteiger partial charge in [-0.2, -0.15) is 0 Å². The van der Waals surface area contributed by atoms with Gasteiger partial charge in [-0.15, -0.1) is 5.10 Å². The Morgan fingerprint density at radius 2 is 1.92 bits per heavy atom. The maximum atomic E-state index is 5.78. The Morgan fingerprint density at radius 3 is 2.75 bits per heavy atom. The average Bonchev–Trinajstić information content (AvgIpc) is 3.33. The molecule has 0 aliphatic heterocycles. The monoisotopic (exact) mass is 319 g/mol. The van der Waals surface area contributed by atoms with Crippen LogP contribution in [0.25, 0.3) is 17.0 Å². The van der Waals surface area contributed by atoms with Crippen molar-refractivity contribution in [3.05, 3.63) is 72.7 Å². The molecular formula is C17H13N5O2. The first kappa shape index (κ1) is 14.1. The summed E-state index contributed by atoms with van der Waals surface area (Å²) in [6.07, 6.45) is 1.53. The highest BCUT2D eigenvalue weighted by Crippen LogP contribution is 2.21. The molecule has 2 aromatic carbocycles. The predicted molar refractivity (Wildman–Crippen MR) is 85.4 cm³/mol. The number of nitrogens with zero attached hydrogens (tertiary/aromatic N) is 5. The summed E-state index contributed by atoms with van der Waals surface area (Å²) in [6.45, 7) is 0.315. The summed E-state index contributed by atoms with van der Waals surface area (Å²) >= 11 is 0. The Morgan fingerprint density at radius 1 is 1.00 bits per heavy atom. The summed E-state index contributed by atoms with van der Waals surface area (Å²) in [6, 6.07) is 19.2. The van der Waals surface area contributed by atoms with Crippen molar-refractivity contribution in [2.45, 2.75) is 6.61 Å².